The number of hydrogen-bond acceptors (Lipinski definition) is 3. The van der Waals surface area contributed by atoms with Crippen LogP contribution >= 0.6 is 0 Å². The molecule has 144 valence electrons. The molecule has 1 amide bonds. The van der Waals surface area contributed by atoms with Gasteiger partial charge in [-0.25, -0.2) is 4.68 Å². The van der Waals surface area contributed by atoms with Gasteiger partial charge < -0.3 is 10.2 Å². The zero-order chi connectivity index (χ0) is 18.8. The van der Waals surface area contributed by atoms with Crippen LogP contribution in [0.25, 0.3) is 5.69 Å². The molecule has 1 fully saturated rings. The highest BCUT2D eigenvalue weighted by molar-refractivity contribution is 5.94. The molecule has 27 heavy (non-hydrogen) atoms. The summed E-state index contributed by atoms with van der Waals surface area (Å²) in [5.74, 6) is 0.815. The molecule has 1 aromatic heterocycles. The number of likely N-dealkylation sites (tertiary alicyclic amines) is 1. The van der Waals surface area contributed by atoms with Crippen molar-refractivity contribution in [2.45, 2.75) is 46.0 Å². The fraction of sp³-hybridized carbons (Fsp3) is 0.545. The van der Waals surface area contributed by atoms with Gasteiger partial charge in [-0.15, -0.1) is 0 Å². The van der Waals surface area contributed by atoms with E-state index in [0.717, 1.165) is 56.1 Å². The van der Waals surface area contributed by atoms with Crippen molar-refractivity contribution in [3.63, 3.8) is 0 Å². The summed E-state index contributed by atoms with van der Waals surface area (Å²) in [5.41, 5.74) is 5.23. The fourth-order valence-corrected chi connectivity index (χ4v) is 4.32. The van der Waals surface area contributed by atoms with Crippen LogP contribution in [0.1, 0.15) is 53.5 Å². The highest BCUT2D eigenvalue weighted by Gasteiger charge is 2.27. The second kappa shape index (κ2) is 7.85. The lowest BCUT2D eigenvalue weighted by Crippen LogP contribution is -2.39. The Morgan fingerprint density at radius 3 is 2.78 bits per heavy atom. The van der Waals surface area contributed by atoms with Crippen LogP contribution in [0.2, 0.25) is 0 Å². The molecular weight excluding hydrogens is 336 g/mol. The quantitative estimate of drug-likeness (QED) is 0.884. The second-order valence-electron chi connectivity index (χ2n) is 8.11. The summed E-state index contributed by atoms with van der Waals surface area (Å²) in [6.45, 7) is 8.34. The molecule has 1 aromatic carbocycles. The number of benzene rings is 1. The molecule has 0 saturated carbocycles. The first-order valence-corrected chi connectivity index (χ1v) is 10.3. The van der Waals surface area contributed by atoms with E-state index < -0.39 is 0 Å². The van der Waals surface area contributed by atoms with Crippen molar-refractivity contribution in [1.82, 2.24) is 20.0 Å². The van der Waals surface area contributed by atoms with E-state index in [1.165, 1.54) is 24.1 Å². The number of aryl methyl sites for hydroxylation is 1. The van der Waals surface area contributed by atoms with Gasteiger partial charge in [0.15, 0.2) is 5.69 Å². The summed E-state index contributed by atoms with van der Waals surface area (Å²) in [5, 5.41) is 7.84. The minimum atomic E-state index is -0.0224. The van der Waals surface area contributed by atoms with E-state index in [0.29, 0.717) is 12.2 Å². The molecule has 0 bridgehead atoms. The first-order valence-electron chi connectivity index (χ1n) is 10.3. The summed E-state index contributed by atoms with van der Waals surface area (Å²) in [6, 6.07) is 8.25. The summed E-state index contributed by atoms with van der Waals surface area (Å²) in [7, 11) is 0. The van der Waals surface area contributed by atoms with E-state index >= 15 is 0 Å². The average molecular weight is 367 g/mol. The van der Waals surface area contributed by atoms with Crippen LogP contribution < -0.4 is 5.32 Å². The Labute approximate surface area is 161 Å². The van der Waals surface area contributed by atoms with Crippen LogP contribution in [0.4, 0.5) is 0 Å². The number of nitrogens with one attached hydrogen (secondary N) is 1. The van der Waals surface area contributed by atoms with Gasteiger partial charge in [0.1, 0.15) is 0 Å². The highest BCUT2D eigenvalue weighted by atomic mass is 16.2. The number of para-hydroxylation sites is 1. The third-order valence-electron chi connectivity index (χ3n) is 6.08. The largest absolute Gasteiger partial charge is 0.349 e. The zero-order valence-corrected chi connectivity index (χ0v) is 16.5. The van der Waals surface area contributed by atoms with Crippen molar-refractivity contribution in [2.75, 3.05) is 26.2 Å². The van der Waals surface area contributed by atoms with Crippen molar-refractivity contribution in [1.29, 1.82) is 0 Å². The van der Waals surface area contributed by atoms with Gasteiger partial charge in [-0.05, 0) is 69.7 Å². The number of rotatable bonds is 5. The van der Waals surface area contributed by atoms with Crippen LogP contribution in [0, 0.1) is 12.8 Å². The first kappa shape index (κ1) is 18.2. The number of hydrogen-bond donors (Lipinski definition) is 1. The predicted octanol–water partition coefficient (Wildman–Crippen LogP) is 3.13. The lowest BCUT2D eigenvalue weighted by atomic mass is 9.99. The molecule has 1 saturated heterocycles. The number of piperidine rings is 1. The Hall–Kier alpha value is -2.14. The molecule has 2 heterocycles. The topological polar surface area (TPSA) is 50.2 Å². The molecule has 0 radical (unpaired) electrons. The van der Waals surface area contributed by atoms with Crippen LogP contribution in [-0.4, -0.2) is 46.8 Å². The van der Waals surface area contributed by atoms with Crippen LogP contribution in [0.15, 0.2) is 24.3 Å². The maximum absolute atomic E-state index is 12.8. The minimum Gasteiger partial charge on any atom is -0.349 e. The summed E-state index contributed by atoms with van der Waals surface area (Å²) >= 11 is 0. The number of carbonyl (C=O) groups is 1. The maximum Gasteiger partial charge on any atom is 0.272 e. The molecule has 2 aromatic rings. The highest BCUT2D eigenvalue weighted by Crippen LogP contribution is 2.28. The minimum absolute atomic E-state index is 0.0224. The normalized spacial score (nSPS) is 17.9. The smallest absolute Gasteiger partial charge is 0.272 e. The average Bonchev–Trinajstić information content (AvgIpc) is 3.26. The van der Waals surface area contributed by atoms with Crippen LogP contribution in [0.5, 0.6) is 0 Å². The van der Waals surface area contributed by atoms with Crippen LogP contribution in [-0.2, 0) is 12.8 Å². The van der Waals surface area contributed by atoms with E-state index in [-0.39, 0.29) is 5.91 Å². The second-order valence-corrected chi connectivity index (χ2v) is 8.11. The van der Waals surface area contributed by atoms with E-state index in [4.69, 9.17) is 5.10 Å². The molecule has 4 rings (SSSR count). The zero-order valence-electron chi connectivity index (χ0n) is 16.5. The Bertz CT molecular complexity index is 818. The molecule has 5 nitrogen and oxygen atoms in total. The molecule has 5 heteroatoms. The van der Waals surface area contributed by atoms with Gasteiger partial charge in [0.05, 0.1) is 5.69 Å². The van der Waals surface area contributed by atoms with Crippen LogP contribution in [0.3, 0.4) is 0 Å². The molecule has 1 aliphatic heterocycles. The SMILES string of the molecule is Cc1ccccc1-n1nc(C(=O)NCCN2CCC(C)CC2)c2c1CCC2. The van der Waals surface area contributed by atoms with Crippen molar-refractivity contribution in [3.8, 4) is 5.69 Å². The Balaban J connectivity index is 1.45. The number of fused-ring (bicyclic) bond motifs is 1. The third kappa shape index (κ3) is 3.79. The van der Waals surface area contributed by atoms with E-state index in [1.807, 2.05) is 16.8 Å². The van der Waals surface area contributed by atoms with Gasteiger partial charge in [-0.1, -0.05) is 25.1 Å². The molecule has 0 spiro atoms. The van der Waals surface area contributed by atoms with Crippen molar-refractivity contribution < 1.29 is 4.79 Å². The molecule has 1 aliphatic carbocycles. The lowest BCUT2D eigenvalue weighted by Gasteiger charge is -2.30. The summed E-state index contributed by atoms with van der Waals surface area (Å²) < 4.78 is 2.00. The van der Waals surface area contributed by atoms with Crippen molar-refractivity contribution in [2.24, 2.45) is 5.92 Å². The van der Waals surface area contributed by atoms with Gasteiger partial charge in [-0.3, -0.25) is 4.79 Å². The Kier molecular flexibility index (Phi) is 5.30. The van der Waals surface area contributed by atoms with Crippen molar-refractivity contribution in [3.05, 3.63) is 46.8 Å². The van der Waals surface area contributed by atoms with Gasteiger partial charge in [-0.2, -0.15) is 5.10 Å². The molecule has 0 unspecified atom stereocenters. The number of nitrogens with zero attached hydrogens (tertiary/aromatic N) is 3. The Morgan fingerprint density at radius 1 is 1.22 bits per heavy atom. The third-order valence-corrected chi connectivity index (χ3v) is 6.08. The summed E-state index contributed by atoms with van der Waals surface area (Å²) in [6.07, 6.45) is 5.58. The van der Waals surface area contributed by atoms with Gasteiger partial charge in [0, 0.05) is 24.3 Å². The lowest BCUT2D eigenvalue weighted by molar-refractivity contribution is 0.0938. The maximum atomic E-state index is 12.8. The first-order chi connectivity index (χ1) is 13.1. The van der Waals surface area contributed by atoms with Crippen molar-refractivity contribution >= 4 is 5.91 Å². The van der Waals surface area contributed by atoms with Gasteiger partial charge in [0.25, 0.3) is 5.91 Å². The number of amides is 1. The predicted molar refractivity (Wildman–Crippen MR) is 107 cm³/mol. The monoisotopic (exact) mass is 366 g/mol. The number of carbonyl (C=O) groups excluding carboxylic acids is 1. The van der Waals surface area contributed by atoms with Gasteiger partial charge in [0.2, 0.25) is 0 Å². The van der Waals surface area contributed by atoms with E-state index in [1.54, 1.807) is 0 Å². The molecule has 2 aliphatic rings. The standard InChI is InChI=1S/C22H30N4O/c1-16-10-13-25(14-11-16)15-12-23-22(27)21-18-7-5-9-20(18)26(24-21)19-8-4-3-6-17(19)2/h3-4,6,8,16H,5,7,9-15H2,1-2H3,(H,23,27). The Morgan fingerprint density at radius 2 is 2.00 bits per heavy atom. The molecule has 1 N–H and O–H groups in total. The molecule has 0 atom stereocenters. The van der Waals surface area contributed by atoms with Gasteiger partial charge >= 0.3 is 0 Å². The number of aromatic nitrogens is 2. The van der Waals surface area contributed by atoms with E-state index in [2.05, 4.69) is 36.2 Å². The summed E-state index contributed by atoms with van der Waals surface area (Å²) in [4.78, 5) is 15.3. The molecular formula is C22H30N4O. The fourth-order valence-electron chi connectivity index (χ4n) is 4.32. The van der Waals surface area contributed by atoms with E-state index in [9.17, 15) is 4.79 Å².